The molecule has 0 rings (SSSR count). The lowest BCUT2D eigenvalue weighted by atomic mass is 10.2. The fourth-order valence-electron chi connectivity index (χ4n) is 1.38. The van der Waals surface area contributed by atoms with Crippen molar-refractivity contribution in [1.82, 2.24) is 0 Å². The van der Waals surface area contributed by atoms with Gasteiger partial charge in [-0.05, 0) is 30.5 Å². The van der Waals surface area contributed by atoms with Gasteiger partial charge in [0, 0.05) is 11.0 Å². The molecule has 0 saturated carbocycles. The zero-order chi connectivity index (χ0) is 19.0. The van der Waals surface area contributed by atoms with E-state index in [2.05, 4.69) is 54.6 Å². The van der Waals surface area contributed by atoms with E-state index in [0.29, 0.717) is 17.6 Å². The lowest BCUT2D eigenvalue weighted by molar-refractivity contribution is -0.151. The molecule has 0 aliphatic carbocycles. The first-order valence-electron chi connectivity index (χ1n) is 8.42. The Balaban J connectivity index is 4.72. The molecule has 24 heavy (non-hydrogen) atoms. The smallest absolute Gasteiger partial charge is 0.335 e. The van der Waals surface area contributed by atoms with E-state index < -0.39 is 20.4 Å². The molecule has 140 valence electrons. The van der Waals surface area contributed by atoms with Crippen LogP contribution in [0, 0.1) is 17.2 Å². The first-order chi connectivity index (χ1) is 10.9. The molecule has 0 fully saturated rings. The van der Waals surface area contributed by atoms with Crippen molar-refractivity contribution in [3.05, 3.63) is 0 Å². The summed E-state index contributed by atoms with van der Waals surface area (Å²) in [5, 5.41) is 9.21. The molecule has 0 bridgehead atoms. The molecular formula is C17H33NO3S2Si. The molecule has 0 saturated heterocycles. The Labute approximate surface area is 157 Å². The third-order valence-electron chi connectivity index (χ3n) is 4.41. The van der Waals surface area contributed by atoms with Gasteiger partial charge in [-0.25, -0.2) is 4.79 Å². The minimum absolute atomic E-state index is 0.0226. The van der Waals surface area contributed by atoms with E-state index in [1.807, 2.05) is 16.9 Å². The highest BCUT2D eigenvalue weighted by Gasteiger charge is 2.41. The molecule has 4 nitrogen and oxygen atoms in total. The van der Waals surface area contributed by atoms with Crippen LogP contribution < -0.4 is 0 Å². The molecule has 0 heterocycles. The maximum atomic E-state index is 12.3. The van der Waals surface area contributed by atoms with Gasteiger partial charge in [-0.1, -0.05) is 63.1 Å². The highest BCUT2D eigenvalue weighted by atomic mass is 33.1. The van der Waals surface area contributed by atoms with Crippen LogP contribution in [-0.2, 0) is 14.0 Å². The van der Waals surface area contributed by atoms with Crippen molar-refractivity contribution in [3.63, 3.8) is 0 Å². The molecular weight excluding hydrogens is 358 g/mol. The van der Waals surface area contributed by atoms with Crippen LogP contribution in [0.3, 0.4) is 0 Å². The molecule has 0 aromatic rings. The van der Waals surface area contributed by atoms with E-state index >= 15 is 0 Å². The first-order valence-corrected chi connectivity index (χ1v) is 13.7. The quantitative estimate of drug-likeness (QED) is 0.219. The summed E-state index contributed by atoms with van der Waals surface area (Å²) in [4.78, 5) is 12.3. The maximum absolute atomic E-state index is 12.3. The van der Waals surface area contributed by atoms with Crippen LogP contribution in [0.15, 0.2) is 0 Å². The molecule has 0 radical (unpaired) electrons. The number of hydrogen-bond acceptors (Lipinski definition) is 6. The summed E-state index contributed by atoms with van der Waals surface area (Å²) in [7, 11) is 1.55. The van der Waals surface area contributed by atoms with E-state index in [0.717, 1.165) is 5.75 Å². The van der Waals surface area contributed by atoms with E-state index in [4.69, 9.17) is 14.4 Å². The second-order valence-corrected chi connectivity index (χ2v) is 15.4. The molecule has 2 atom stereocenters. The summed E-state index contributed by atoms with van der Waals surface area (Å²) >= 11 is 0. The normalized spacial score (nSPS) is 15.0. The standard InChI is InChI=1S/C17H33NO3S2Si/c1-13(2)14(3)23-22-12-9-15(16(19)20-11-10-18)21-24(7,8)17(4,5)6/h13-15H,9,11-12H2,1-8H3. The van der Waals surface area contributed by atoms with Gasteiger partial charge >= 0.3 is 5.97 Å². The van der Waals surface area contributed by atoms with Crippen molar-refractivity contribution in [2.45, 2.75) is 77.4 Å². The lowest BCUT2D eigenvalue weighted by Gasteiger charge is -2.38. The minimum Gasteiger partial charge on any atom is -0.448 e. The van der Waals surface area contributed by atoms with Crippen molar-refractivity contribution < 1.29 is 14.0 Å². The van der Waals surface area contributed by atoms with Gasteiger partial charge in [-0.2, -0.15) is 5.26 Å². The number of ether oxygens (including phenoxy) is 1. The predicted molar refractivity (Wildman–Crippen MR) is 108 cm³/mol. The maximum Gasteiger partial charge on any atom is 0.335 e. The largest absolute Gasteiger partial charge is 0.448 e. The summed E-state index contributed by atoms with van der Waals surface area (Å²) in [5.74, 6) is 1.04. The Morgan fingerprint density at radius 1 is 1.25 bits per heavy atom. The van der Waals surface area contributed by atoms with Gasteiger partial charge in [0.05, 0.1) is 0 Å². The Kier molecular flexibility index (Phi) is 10.7. The lowest BCUT2D eigenvalue weighted by Crippen LogP contribution is -2.46. The fraction of sp³-hybridized carbons (Fsp3) is 0.882. The second-order valence-electron chi connectivity index (χ2n) is 7.79. The number of carbonyl (C=O) groups excluding carboxylic acids is 1. The van der Waals surface area contributed by atoms with Gasteiger partial charge in [0.25, 0.3) is 0 Å². The second kappa shape index (κ2) is 10.7. The van der Waals surface area contributed by atoms with Crippen molar-refractivity contribution in [2.75, 3.05) is 12.4 Å². The van der Waals surface area contributed by atoms with Gasteiger partial charge in [0.1, 0.15) is 12.2 Å². The van der Waals surface area contributed by atoms with E-state index in [1.165, 1.54) is 0 Å². The molecule has 2 unspecified atom stereocenters. The van der Waals surface area contributed by atoms with Crippen molar-refractivity contribution in [3.8, 4) is 6.07 Å². The summed E-state index contributed by atoms with van der Waals surface area (Å²) in [6.07, 6.45) is 0.0286. The van der Waals surface area contributed by atoms with Gasteiger partial charge in [-0.15, -0.1) is 0 Å². The zero-order valence-corrected chi connectivity index (χ0v) is 19.0. The average Bonchev–Trinajstić information content (AvgIpc) is 2.46. The van der Waals surface area contributed by atoms with Crippen LogP contribution in [0.1, 0.15) is 48.0 Å². The van der Waals surface area contributed by atoms with Crippen LogP contribution in [0.4, 0.5) is 0 Å². The molecule has 0 aliphatic heterocycles. The number of rotatable bonds is 10. The Morgan fingerprint density at radius 2 is 1.83 bits per heavy atom. The summed E-state index contributed by atoms with van der Waals surface area (Å²) in [5.41, 5.74) is 0. The van der Waals surface area contributed by atoms with Crippen molar-refractivity contribution >= 4 is 35.9 Å². The van der Waals surface area contributed by atoms with Crippen LogP contribution in [-0.4, -0.2) is 38.0 Å². The Hall–Kier alpha value is -0.163. The monoisotopic (exact) mass is 391 g/mol. The van der Waals surface area contributed by atoms with E-state index in [9.17, 15) is 4.79 Å². The third-order valence-corrected chi connectivity index (χ3v) is 12.1. The number of esters is 1. The molecule has 0 aromatic carbocycles. The number of nitriles is 1. The minimum atomic E-state index is -2.07. The summed E-state index contributed by atoms with van der Waals surface area (Å²) < 4.78 is 11.3. The summed E-state index contributed by atoms with van der Waals surface area (Å²) in [6, 6.07) is 1.84. The van der Waals surface area contributed by atoms with Gasteiger partial charge < -0.3 is 9.16 Å². The molecule has 0 N–H and O–H groups in total. The predicted octanol–water partition coefficient (Wildman–Crippen LogP) is 5.26. The number of hydrogen-bond donors (Lipinski definition) is 0. The van der Waals surface area contributed by atoms with E-state index in [-0.39, 0.29) is 11.6 Å². The highest BCUT2D eigenvalue weighted by Crippen LogP contribution is 2.38. The molecule has 0 aliphatic rings. The molecule has 0 aromatic heterocycles. The van der Waals surface area contributed by atoms with Crippen LogP contribution in [0.25, 0.3) is 0 Å². The van der Waals surface area contributed by atoms with Crippen LogP contribution >= 0.6 is 21.6 Å². The van der Waals surface area contributed by atoms with Crippen LogP contribution in [0.5, 0.6) is 0 Å². The topological polar surface area (TPSA) is 59.3 Å². The highest BCUT2D eigenvalue weighted by molar-refractivity contribution is 8.76. The molecule has 0 amide bonds. The fourth-order valence-corrected chi connectivity index (χ4v) is 5.39. The van der Waals surface area contributed by atoms with Crippen molar-refractivity contribution in [1.29, 1.82) is 5.26 Å². The third kappa shape index (κ3) is 8.79. The molecule has 0 spiro atoms. The van der Waals surface area contributed by atoms with Gasteiger partial charge in [0.15, 0.2) is 14.9 Å². The zero-order valence-electron chi connectivity index (χ0n) is 16.3. The molecule has 7 heteroatoms. The first kappa shape index (κ1) is 23.8. The van der Waals surface area contributed by atoms with Gasteiger partial charge in [-0.3, -0.25) is 0 Å². The Morgan fingerprint density at radius 3 is 2.29 bits per heavy atom. The van der Waals surface area contributed by atoms with Gasteiger partial charge in [0.2, 0.25) is 0 Å². The average molecular weight is 392 g/mol. The van der Waals surface area contributed by atoms with E-state index in [1.54, 1.807) is 10.8 Å². The Bertz CT molecular complexity index is 431. The van der Waals surface area contributed by atoms with Crippen LogP contribution in [0.2, 0.25) is 18.1 Å². The number of carbonyl (C=O) groups is 1. The summed E-state index contributed by atoms with van der Waals surface area (Å²) in [6.45, 7) is 17.1. The SMILES string of the molecule is CC(C)C(C)SSCCC(O[Si](C)(C)C(C)(C)C)C(=O)OCC#N. The number of nitrogens with zero attached hydrogens (tertiary/aromatic N) is 1. The van der Waals surface area contributed by atoms with Crippen molar-refractivity contribution in [2.24, 2.45) is 5.92 Å².